The van der Waals surface area contributed by atoms with Gasteiger partial charge in [-0.1, -0.05) is 12.1 Å². The van der Waals surface area contributed by atoms with Crippen molar-refractivity contribution in [3.05, 3.63) is 36.5 Å². The summed E-state index contributed by atoms with van der Waals surface area (Å²) in [7, 11) is 1.73. The van der Waals surface area contributed by atoms with Crippen LogP contribution in [0.1, 0.15) is 24.3 Å². The number of rotatable bonds is 5. The lowest BCUT2D eigenvalue weighted by atomic mass is 10.3. The predicted molar refractivity (Wildman–Crippen MR) is 70.2 cm³/mol. The SMILES string of the molecule is C=CCN(C)C(=O)c1cccc(NC(C)C)n1. The van der Waals surface area contributed by atoms with Gasteiger partial charge in [0.2, 0.25) is 0 Å². The monoisotopic (exact) mass is 233 g/mol. The average Bonchev–Trinajstić information content (AvgIpc) is 2.28. The van der Waals surface area contributed by atoms with Crippen LogP contribution in [-0.4, -0.2) is 35.4 Å². The topological polar surface area (TPSA) is 45.2 Å². The third kappa shape index (κ3) is 3.90. The summed E-state index contributed by atoms with van der Waals surface area (Å²) in [6.07, 6.45) is 1.69. The second kappa shape index (κ2) is 6.03. The van der Waals surface area contributed by atoms with Gasteiger partial charge in [-0.2, -0.15) is 0 Å². The molecular weight excluding hydrogens is 214 g/mol. The van der Waals surface area contributed by atoms with Gasteiger partial charge >= 0.3 is 0 Å². The Morgan fingerprint density at radius 1 is 1.59 bits per heavy atom. The second-order valence-electron chi connectivity index (χ2n) is 4.18. The Morgan fingerprint density at radius 2 is 2.29 bits per heavy atom. The van der Waals surface area contributed by atoms with Crippen molar-refractivity contribution in [1.82, 2.24) is 9.88 Å². The molecule has 1 amide bonds. The Bertz CT molecular complexity index is 401. The minimum atomic E-state index is -0.0997. The molecule has 0 bridgehead atoms. The number of pyridine rings is 1. The lowest BCUT2D eigenvalue weighted by molar-refractivity contribution is 0.0804. The summed E-state index contributed by atoms with van der Waals surface area (Å²) in [6.45, 7) is 8.18. The number of carbonyl (C=O) groups excluding carboxylic acids is 1. The molecule has 0 atom stereocenters. The Kier molecular flexibility index (Phi) is 4.69. The molecule has 0 spiro atoms. The van der Waals surface area contributed by atoms with Crippen LogP contribution in [0.15, 0.2) is 30.9 Å². The van der Waals surface area contributed by atoms with E-state index >= 15 is 0 Å². The fraction of sp³-hybridized carbons (Fsp3) is 0.385. The highest BCUT2D eigenvalue weighted by atomic mass is 16.2. The molecule has 92 valence electrons. The van der Waals surface area contributed by atoms with Crippen molar-refractivity contribution >= 4 is 11.7 Å². The fourth-order valence-electron chi connectivity index (χ4n) is 1.40. The van der Waals surface area contributed by atoms with Gasteiger partial charge in [0.25, 0.3) is 5.91 Å². The Hall–Kier alpha value is -1.84. The number of nitrogens with zero attached hydrogens (tertiary/aromatic N) is 2. The maximum absolute atomic E-state index is 12.0. The normalized spacial score (nSPS) is 10.1. The molecule has 1 N–H and O–H groups in total. The predicted octanol–water partition coefficient (Wildman–Crippen LogP) is 2.16. The molecule has 1 aromatic heterocycles. The van der Waals surface area contributed by atoms with Crippen LogP contribution in [0.25, 0.3) is 0 Å². The van der Waals surface area contributed by atoms with Gasteiger partial charge in [-0.15, -0.1) is 6.58 Å². The smallest absolute Gasteiger partial charge is 0.272 e. The number of anilines is 1. The van der Waals surface area contributed by atoms with E-state index in [0.717, 1.165) is 5.82 Å². The maximum atomic E-state index is 12.0. The third-order valence-electron chi connectivity index (χ3n) is 2.15. The van der Waals surface area contributed by atoms with E-state index in [-0.39, 0.29) is 5.91 Å². The summed E-state index contributed by atoms with van der Waals surface area (Å²) >= 11 is 0. The van der Waals surface area contributed by atoms with Crippen LogP contribution >= 0.6 is 0 Å². The molecule has 0 radical (unpaired) electrons. The van der Waals surface area contributed by atoms with Crippen LogP contribution in [0, 0.1) is 0 Å². The molecule has 0 fully saturated rings. The average molecular weight is 233 g/mol. The first-order valence-electron chi connectivity index (χ1n) is 5.64. The fourth-order valence-corrected chi connectivity index (χ4v) is 1.40. The Balaban J connectivity index is 2.83. The van der Waals surface area contributed by atoms with Crippen LogP contribution in [0.4, 0.5) is 5.82 Å². The molecule has 1 rings (SSSR count). The number of hydrogen-bond acceptors (Lipinski definition) is 3. The molecule has 0 aliphatic rings. The minimum Gasteiger partial charge on any atom is -0.368 e. The second-order valence-corrected chi connectivity index (χ2v) is 4.18. The summed E-state index contributed by atoms with van der Waals surface area (Å²) in [5, 5.41) is 3.17. The highest BCUT2D eigenvalue weighted by Gasteiger charge is 2.12. The number of likely N-dealkylation sites (N-methyl/N-ethyl adjacent to an activating group) is 1. The van der Waals surface area contributed by atoms with Crippen LogP contribution in [0.2, 0.25) is 0 Å². The number of nitrogens with one attached hydrogen (secondary N) is 1. The molecule has 0 unspecified atom stereocenters. The van der Waals surface area contributed by atoms with Crippen molar-refractivity contribution < 1.29 is 4.79 Å². The molecule has 0 saturated carbocycles. The quantitative estimate of drug-likeness (QED) is 0.793. The lowest BCUT2D eigenvalue weighted by Gasteiger charge is -2.15. The van der Waals surface area contributed by atoms with E-state index in [2.05, 4.69) is 16.9 Å². The van der Waals surface area contributed by atoms with Crippen LogP contribution in [-0.2, 0) is 0 Å². The zero-order chi connectivity index (χ0) is 12.8. The van der Waals surface area contributed by atoms with E-state index in [4.69, 9.17) is 0 Å². The maximum Gasteiger partial charge on any atom is 0.272 e. The molecule has 1 heterocycles. The lowest BCUT2D eigenvalue weighted by Crippen LogP contribution is -2.27. The summed E-state index contributed by atoms with van der Waals surface area (Å²) in [4.78, 5) is 17.8. The highest BCUT2D eigenvalue weighted by Crippen LogP contribution is 2.08. The van der Waals surface area contributed by atoms with Crippen molar-refractivity contribution in [3.63, 3.8) is 0 Å². The molecule has 0 aliphatic carbocycles. The molecule has 4 heteroatoms. The van der Waals surface area contributed by atoms with Crippen molar-refractivity contribution in [1.29, 1.82) is 0 Å². The van der Waals surface area contributed by atoms with E-state index in [9.17, 15) is 4.79 Å². The van der Waals surface area contributed by atoms with E-state index in [0.29, 0.717) is 18.3 Å². The number of hydrogen-bond donors (Lipinski definition) is 1. The van der Waals surface area contributed by atoms with Gasteiger partial charge in [0, 0.05) is 19.6 Å². The molecule has 4 nitrogen and oxygen atoms in total. The van der Waals surface area contributed by atoms with Gasteiger partial charge in [0.05, 0.1) is 0 Å². The first kappa shape index (κ1) is 13.2. The van der Waals surface area contributed by atoms with Crippen LogP contribution < -0.4 is 5.32 Å². The van der Waals surface area contributed by atoms with E-state index < -0.39 is 0 Å². The van der Waals surface area contributed by atoms with Gasteiger partial charge in [0.15, 0.2) is 0 Å². The molecule has 1 aromatic rings. The Labute approximate surface area is 102 Å². The summed E-state index contributed by atoms with van der Waals surface area (Å²) in [5.41, 5.74) is 0.444. The zero-order valence-corrected chi connectivity index (χ0v) is 10.6. The minimum absolute atomic E-state index is 0.0997. The first-order valence-corrected chi connectivity index (χ1v) is 5.64. The summed E-state index contributed by atoms with van der Waals surface area (Å²) < 4.78 is 0. The van der Waals surface area contributed by atoms with E-state index in [1.54, 1.807) is 24.1 Å². The standard InChI is InChI=1S/C13H19N3O/c1-5-9-16(4)13(17)11-7-6-8-12(15-11)14-10(2)3/h5-8,10H,1,9H2,2-4H3,(H,14,15). The van der Waals surface area contributed by atoms with Crippen LogP contribution in [0.5, 0.6) is 0 Å². The number of aromatic nitrogens is 1. The third-order valence-corrected chi connectivity index (χ3v) is 2.15. The van der Waals surface area contributed by atoms with Crippen molar-refractivity contribution in [3.8, 4) is 0 Å². The summed E-state index contributed by atoms with van der Waals surface area (Å²) in [6, 6.07) is 5.68. The number of amides is 1. The highest BCUT2D eigenvalue weighted by molar-refractivity contribution is 5.92. The van der Waals surface area contributed by atoms with Gasteiger partial charge in [-0.25, -0.2) is 4.98 Å². The largest absolute Gasteiger partial charge is 0.368 e. The molecule has 17 heavy (non-hydrogen) atoms. The van der Waals surface area contributed by atoms with Crippen molar-refractivity contribution in [2.24, 2.45) is 0 Å². The van der Waals surface area contributed by atoms with Gasteiger partial charge < -0.3 is 10.2 Å². The molecular formula is C13H19N3O. The molecule has 0 saturated heterocycles. The molecule has 0 aliphatic heterocycles. The van der Waals surface area contributed by atoms with E-state index in [1.165, 1.54) is 0 Å². The van der Waals surface area contributed by atoms with Gasteiger partial charge in [-0.05, 0) is 26.0 Å². The summed E-state index contributed by atoms with van der Waals surface area (Å²) in [5.74, 6) is 0.621. The number of carbonyl (C=O) groups is 1. The van der Waals surface area contributed by atoms with E-state index in [1.807, 2.05) is 26.0 Å². The molecule has 0 aromatic carbocycles. The Morgan fingerprint density at radius 3 is 2.88 bits per heavy atom. The van der Waals surface area contributed by atoms with Crippen molar-refractivity contribution in [2.75, 3.05) is 18.9 Å². The first-order chi connectivity index (χ1) is 8.04. The van der Waals surface area contributed by atoms with Gasteiger partial charge in [0.1, 0.15) is 11.5 Å². The van der Waals surface area contributed by atoms with Crippen molar-refractivity contribution in [2.45, 2.75) is 19.9 Å². The van der Waals surface area contributed by atoms with Crippen LogP contribution in [0.3, 0.4) is 0 Å². The zero-order valence-electron chi connectivity index (χ0n) is 10.6. The van der Waals surface area contributed by atoms with Gasteiger partial charge in [-0.3, -0.25) is 4.79 Å².